The number of ether oxygens (including phenoxy) is 2. The highest BCUT2D eigenvalue weighted by Gasteiger charge is 2.04. The molecule has 2 aromatic carbocycles. The lowest BCUT2D eigenvalue weighted by atomic mass is 10.2. The van der Waals surface area contributed by atoms with Crippen LogP contribution in [0.2, 0.25) is 0 Å². The van der Waals surface area contributed by atoms with E-state index in [9.17, 15) is 4.79 Å². The van der Waals surface area contributed by atoms with Crippen molar-refractivity contribution < 1.29 is 14.3 Å². The molecule has 27 heavy (non-hydrogen) atoms. The lowest BCUT2D eigenvalue weighted by molar-refractivity contribution is -0.116. The average Bonchev–Trinajstić information content (AvgIpc) is 2.71. The standard InChI is InChI=1S/C22H25NO3S/c1-3-14-26-20-11-9-18(16-21(20)25-2)10-12-22(24)23-13-15-27-17-19-7-5-4-6-8-19/h3-12,16H,1,13-15,17H2,2H3,(H,23,24)/b12-10+. The normalized spacial score (nSPS) is 10.6. The monoisotopic (exact) mass is 383 g/mol. The van der Waals surface area contributed by atoms with Gasteiger partial charge in [0.2, 0.25) is 5.91 Å². The number of amides is 1. The molecule has 0 aliphatic carbocycles. The highest BCUT2D eigenvalue weighted by atomic mass is 32.2. The van der Waals surface area contributed by atoms with E-state index in [1.54, 1.807) is 31.0 Å². The molecule has 1 amide bonds. The number of benzene rings is 2. The summed E-state index contributed by atoms with van der Waals surface area (Å²) in [5, 5.41) is 2.89. The van der Waals surface area contributed by atoms with Crippen molar-refractivity contribution in [3.05, 3.63) is 78.4 Å². The van der Waals surface area contributed by atoms with E-state index in [0.29, 0.717) is 24.7 Å². The van der Waals surface area contributed by atoms with Crippen LogP contribution in [0.25, 0.3) is 6.08 Å². The topological polar surface area (TPSA) is 47.6 Å². The second-order valence-corrected chi connectivity index (χ2v) is 6.78. The maximum Gasteiger partial charge on any atom is 0.244 e. The summed E-state index contributed by atoms with van der Waals surface area (Å²) in [7, 11) is 1.59. The number of thioether (sulfide) groups is 1. The molecule has 0 radical (unpaired) electrons. The minimum absolute atomic E-state index is 0.110. The maximum absolute atomic E-state index is 11.9. The van der Waals surface area contributed by atoms with Gasteiger partial charge < -0.3 is 14.8 Å². The van der Waals surface area contributed by atoms with Crippen molar-refractivity contribution in [3.63, 3.8) is 0 Å². The fraction of sp³-hybridized carbons (Fsp3) is 0.227. The predicted octanol–water partition coefficient (Wildman–Crippen LogP) is 4.32. The zero-order valence-corrected chi connectivity index (χ0v) is 16.3. The van der Waals surface area contributed by atoms with Crippen LogP contribution in [0.15, 0.2) is 67.3 Å². The van der Waals surface area contributed by atoms with E-state index in [2.05, 4.69) is 24.0 Å². The van der Waals surface area contributed by atoms with Gasteiger partial charge in [-0.3, -0.25) is 4.79 Å². The quantitative estimate of drug-likeness (QED) is 0.357. The minimum atomic E-state index is -0.110. The van der Waals surface area contributed by atoms with Crippen LogP contribution in [0.1, 0.15) is 11.1 Å². The number of carbonyl (C=O) groups is 1. The SMILES string of the molecule is C=CCOc1ccc(/C=C/C(=O)NCCSCc2ccccc2)cc1OC. The smallest absolute Gasteiger partial charge is 0.244 e. The average molecular weight is 384 g/mol. The van der Waals surface area contributed by atoms with Gasteiger partial charge in [0.15, 0.2) is 11.5 Å². The van der Waals surface area contributed by atoms with Gasteiger partial charge in [0.1, 0.15) is 6.61 Å². The van der Waals surface area contributed by atoms with Gasteiger partial charge in [0.25, 0.3) is 0 Å². The molecule has 0 fully saturated rings. The largest absolute Gasteiger partial charge is 0.493 e. The number of hydrogen-bond acceptors (Lipinski definition) is 4. The molecule has 0 aliphatic rings. The molecule has 2 rings (SSSR count). The summed E-state index contributed by atoms with van der Waals surface area (Å²) in [4.78, 5) is 11.9. The fourth-order valence-corrected chi connectivity index (χ4v) is 3.12. The Balaban J connectivity index is 1.74. The summed E-state index contributed by atoms with van der Waals surface area (Å²) in [6.07, 6.45) is 4.96. The Labute approximate surface area is 165 Å². The van der Waals surface area contributed by atoms with Gasteiger partial charge in [-0.2, -0.15) is 11.8 Å². The Bertz CT molecular complexity index is 759. The molecule has 0 aliphatic heterocycles. The van der Waals surface area contributed by atoms with Gasteiger partial charge in [-0.1, -0.05) is 49.1 Å². The third-order valence-corrected chi connectivity index (χ3v) is 4.66. The van der Waals surface area contributed by atoms with Crippen molar-refractivity contribution in [1.82, 2.24) is 5.32 Å². The van der Waals surface area contributed by atoms with Crippen LogP contribution in [0.4, 0.5) is 0 Å². The lowest BCUT2D eigenvalue weighted by Gasteiger charge is -2.09. The first-order valence-corrected chi connectivity index (χ1v) is 9.87. The van der Waals surface area contributed by atoms with Gasteiger partial charge >= 0.3 is 0 Å². The summed E-state index contributed by atoms with van der Waals surface area (Å²) < 4.78 is 10.8. The molecular weight excluding hydrogens is 358 g/mol. The van der Waals surface area contributed by atoms with Gasteiger partial charge in [-0.15, -0.1) is 0 Å². The molecule has 0 unspecified atom stereocenters. The van der Waals surface area contributed by atoms with E-state index in [0.717, 1.165) is 17.1 Å². The number of carbonyl (C=O) groups excluding carboxylic acids is 1. The van der Waals surface area contributed by atoms with Gasteiger partial charge in [0.05, 0.1) is 7.11 Å². The molecule has 0 saturated heterocycles. The summed E-state index contributed by atoms with van der Waals surface area (Å²) in [5.41, 5.74) is 2.16. The maximum atomic E-state index is 11.9. The van der Waals surface area contributed by atoms with Crippen LogP contribution in [0.5, 0.6) is 11.5 Å². The van der Waals surface area contributed by atoms with Gasteiger partial charge in [-0.05, 0) is 29.3 Å². The molecule has 0 saturated carbocycles. The van der Waals surface area contributed by atoms with E-state index in [4.69, 9.17) is 9.47 Å². The number of hydrogen-bond donors (Lipinski definition) is 1. The highest BCUT2D eigenvalue weighted by molar-refractivity contribution is 7.98. The molecule has 142 valence electrons. The van der Waals surface area contributed by atoms with Gasteiger partial charge in [-0.25, -0.2) is 0 Å². The van der Waals surface area contributed by atoms with E-state index >= 15 is 0 Å². The second-order valence-electron chi connectivity index (χ2n) is 5.67. The second kappa shape index (κ2) is 11.9. The predicted molar refractivity (Wildman–Crippen MR) is 113 cm³/mol. The van der Waals surface area contributed by atoms with Crippen molar-refractivity contribution in [2.45, 2.75) is 5.75 Å². The molecule has 2 aromatic rings. The molecule has 0 bridgehead atoms. The third-order valence-electron chi connectivity index (χ3n) is 3.63. The lowest BCUT2D eigenvalue weighted by Crippen LogP contribution is -2.23. The van der Waals surface area contributed by atoms with Crippen molar-refractivity contribution in [1.29, 1.82) is 0 Å². The van der Waals surface area contributed by atoms with Crippen LogP contribution >= 0.6 is 11.8 Å². The molecule has 0 aromatic heterocycles. The van der Waals surface area contributed by atoms with Crippen molar-refractivity contribution in [2.24, 2.45) is 0 Å². The number of nitrogens with one attached hydrogen (secondary N) is 1. The summed E-state index contributed by atoms with van der Waals surface area (Å²) >= 11 is 1.80. The first kappa shape index (κ1) is 20.6. The zero-order valence-electron chi connectivity index (χ0n) is 15.5. The van der Waals surface area contributed by atoms with E-state index in [1.807, 2.05) is 36.4 Å². The molecular formula is C22H25NO3S. The van der Waals surface area contributed by atoms with E-state index in [-0.39, 0.29) is 5.91 Å². The fourth-order valence-electron chi connectivity index (χ4n) is 2.30. The summed E-state index contributed by atoms with van der Waals surface area (Å²) in [6, 6.07) is 15.8. The molecule has 0 heterocycles. The van der Waals surface area contributed by atoms with Crippen molar-refractivity contribution >= 4 is 23.7 Å². The first-order valence-electron chi connectivity index (χ1n) is 8.72. The molecule has 0 atom stereocenters. The van der Waals surface area contributed by atoms with Crippen LogP contribution < -0.4 is 14.8 Å². The van der Waals surface area contributed by atoms with Crippen LogP contribution in [-0.2, 0) is 10.5 Å². The third kappa shape index (κ3) is 7.62. The van der Waals surface area contributed by atoms with E-state index < -0.39 is 0 Å². The molecule has 5 heteroatoms. The Morgan fingerprint density at radius 2 is 2.00 bits per heavy atom. The zero-order chi connectivity index (χ0) is 19.3. The van der Waals surface area contributed by atoms with Gasteiger partial charge in [0, 0.05) is 24.1 Å². The van der Waals surface area contributed by atoms with Crippen molar-refractivity contribution in [3.8, 4) is 11.5 Å². The first-order chi connectivity index (χ1) is 13.2. The Morgan fingerprint density at radius 3 is 2.74 bits per heavy atom. The Kier molecular flexibility index (Phi) is 9.07. The van der Waals surface area contributed by atoms with E-state index in [1.165, 1.54) is 11.6 Å². The molecule has 1 N–H and O–H groups in total. The van der Waals surface area contributed by atoms with Crippen molar-refractivity contribution in [2.75, 3.05) is 26.0 Å². The Hall–Kier alpha value is -2.66. The number of rotatable bonds is 11. The number of methoxy groups -OCH3 is 1. The summed E-state index contributed by atoms with van der Waals surface area (Å²) in [5.74, 6) is 2.98. The van der Waals surface area contributed by atoms with Crippen LogP contribution in [0, 0.1) is 0 Å². The minimum Gasteiger partial charge on any atom is -0.493 e. The summed E-state index contributed by atoms with van der Waals surface area (Å²) in [6.45, 7) is 4.68. The van der Waals surface area contributed by atoms with Crippen LogP contribution in [-0.4, -0.2) is 31.9 Å². The Morgan fingerprint density at radius 1 is 1.19 bits per heavy atom. The highest BCUT2D eigenvalue weighted by Crippen LogP contribution is 2.28. The molecule has 4 nitrogen and oxygen atoms in total. The molecule has 0 spiro atoms. The van der Waals surface area contributed by atoms with Crippen LogP contribution in [0.3, 0.4) is 0 Å².